The lowest BCUT2D eigenvalue weighted by Crippen LogP contribution is -2.25. The quantitative estimate of drug-likeness (QED) is 0.360. The van der Waals surface area contributed by atoms with E-state index in [1.807, 2.05) is 56.3 Å². The van der Waals surface area contributed by atoms with Crippen molar-refractivity contribution < 1.29 is 9.47 Å². The lowest BCUT2D eigenvalue weighted by atomic mass is 9.95. The first-order valence-electron chi connectivity index (χ1n) is 11.9. The minimum Gasteiger partial charge on any atom is -0.497 e. The van der Waals surface area contributed by atoms with Crippen molar-refractivity contribution in [2.45, 2.75) is 53.6 Å². The first kappa shape index (κ1) is 25.1. The third-order valence-corrected chi connectivity index (χ3v) is 6.19. The summed E-state index contributed by atoms with van der Waals surface area (Å²) in [6.07, 6.45) is 3.45. The van der Waals surface area contributed by atoms with Gasteiger partial charge in [-0.15, -0.1) is 0 Å². The number of benzene rings is 1. The molecule has 1 aromatic carbocycles. The van der Waals surface area contributed by atoms with Gasteiger partial charge in [-0.3, -0.25) is 14.3 Å². The zero-order chi connectivity index (χ0) is 26.0. The highest BCUT2D eigenvalue weighted by molar-refractivity contribution is 5.58. The van der Waals surface area contributed by atoms with Crippen molar-refractivity contribution in [3.63, 3.8) is 0 Å². The number of methoxy groups -OCH3 is 1. The lowest BCUT2D eigenvalue weighted by molar-refractivity contribution is 0.299. The zero-order valence-corrected chi connectivity index (χ0v) is 21.9. The van der Waals surface area contributed by atoms with E-state index in [4.69, 9.17) is 14.5 Å². The molecular formula is C29H32N4O3. The van der Waals surface area contributed by atoms with Crippen molar-refractivity contribution >= 4 is 0 Å². The average Bonchev–Trinajstić information content (AvgIpc) is 2.87. The van der Waals surface area contributed by atoms with Crippen LogP contribution in [0.3, 0.4) is 0 Å². The van der Waals surface area contributed by atoms with E-state index in [1.54, 1.807) is 31.0 Å². The minimum atomic E-state index is -0.184. The van der Waals surface area contributed by atoms with Gasteiger partial charge in [0.1, 0.15) is 23.9 Å². The number of pyridine rings is 2. The topological polar surface area (TPSA) is 79.1 Å². The third-order valence-electron chi connectivity index (χ3n) is 6.19. The molecule has 0 bridgehead atoms. The number of ether oxygens (including phenoxy) is 2. The van der Waals surface area contributed by atoms with Gasteiger partial charge in [-0.1, -0.05) is 32.9 Å². The van der Waals surface area contributed by atoms with Gasteiger partial charge in [0.15, 0.2) is 0 Å². The molecule has 4 rings (SSSR count). The molecule has 0 amide bonds. The van der Waals surface area contributed by atoms with E-state index >= 15 is 0 Å². The predicted molar refractivity (Wildman–Crippen MR) is 141 cm³/mol. The monoisotopic (exact) mass is 484 g/mol. The van der Waals surface area contributed by atoms with Crippen LogP contribution in [-0.2, 0) is 12.0 Å². The Balaban J connectivity index is 1.71. The van der Waals surface area contributed by atoms with E-state index in [2.05, 4.69) is 30.7 Å². The second-order valence-corrected chi connectivity index (χ2v) is 9.86. The molecule has 0 fully saturated rings. The van der Waals surface area contributed by atoms with E-state index in [-0.39, 0.29) is 11.0 Å². The Kier molecular flexibility index (Phi) is 6.93. The molecule has 7 nitrogen and oxygen atoms in total. The Morgan fingerprint density at radius 3 is 2.39 bits per heavy atom. The second kappa shape index (κ2) is 9.93. The maximum Gasteiger partial charge on any atom is 0.261 e. The Bertz CT molecular complexity index is 1470. The summed E-state index contributed by atoms with van der Waals surface area (Å²) in [5.41, 5.74) is 5.04. The largest absolute Gasteiger partial charge is 0.497 e. The summed E-state index contributed by atoms with van der Waals surface area (Å²) in [6.45, 7) is 12.3. The van der Waals surface area contributed by atoms with E-state index < -0.39 is 0 Å². The summed E-state index contributed by atoms with van der Waals surface area (Å²) in [5.74, 6) is 2.11. The van der Waals surface area contributed by atoms with Crippen molar-refractivity contribution in [2.75, 3.05) is 7.11 Å². The molecule has 0 aliphatic carbocycles. The summed E-state index contributed by atoms with van der Waals surface area (Å²) in [4.78, 5) is 27.2. The molecule has 0 aliphatic heterocycles. The SMILES string of the molecule is COc1cccc(COc2c(C)c(C)n(-c3ccnc(-c4ccnc(C(C)(C)C)n4)c3)c(=O)c2C)c1. The molecule has 0 saturated heterocycles. The summed E-state index contributed by atoms with van der Waals surface area (Å²) in [7, 11) is 1.63. The fourth-order valence-electron chi connectivity index (χ4n) is 4.04. The zero-order valence-electron chi connectivity index (χ0n) is 21.9. The highest BCUT2D eigenvalue weighted by Gasteiger charge is 2.20. The Morgan fingerprint density at radius 1 is 0.917 bits per heavy atom. The highest BCUT2D eigenvalue weighted by Crippen LogP contribution is 2.28. The molecule has 0 N–H and O–H groups in total. The maximum absolute atomic E-state index is 13.5. The predicted octanol–water partition coefficient (Wildman–Crippen LogP) is 5.50. The number of hydrogen-bond donors (Lipinski definition) is 0. The van der Waals surface area contributed by atoms with Gasteiger partial charge in [0.05, 0.1) is 29.7 Å². The van der Waals surface area contributed by atoms with Crippen LogP contribution in [0.4, 0.5) is 0 Å². The van der Waals surface area contributed by atoms with Gasteiger partial charge in [-0.05, 0) is 56.7 Å². The highest BCUT2D eigenvalue weighted by atomic mass is 16.5. The van der Waals surface area contributed by atoms with E-state index in [9.17, 15) is 4.79 Å². The number of rotatable bonds is 6. The molecule has 4 aromatic rings. The van der Waals surface area contributed by atoms with E-state index in [1.165, 1.54) is 0 Å². The van der Waals surface area contributed by atoms with Gasteiger partial charge in [-0.2, -0.15) is 0 Å². The molecule has 3 aromatic heterocycles. The smallest absolute Gasteiger partial charge is 0.261 e. The van der Waals surface area contributed by atoms with Gasteiger partial charge in [-0.25, -0.2) is 9.97 Å². The molecule has 0 atom stereocenters. The maximum atomic E-state index is 13.5. The third kappa shape index (κ3) is 5.00. The normalized spacial score (nSPS) is 11.4. The van der Waals surface area contributed by atoms with Crippen molar-refractivity contribution in [3.8, 4) is 28.6 Å². The lowest BCUT2D eigenvalue weighted by Gasteiger charge is -2.19. The molecule has 36 heavy (non-hydrogen) atoms. The Morgan fingerprint density at radius 2 is 1.67 bits per heavy atom. The van der Waals surface area contributed by atoms with Crippen molar-refractivity contribution in [2.24, 2.45) is 0 Å². The molecule has 186 valence electrons. The van der Waals surface area contributed by atoms with Gasteiger partial charge >= 0.3 is 0 Å². The summed E-state index contributed by atoms with van der Waals surface area (Å²) < 4.78 is 13.2. The fourth-order valence-corrected chi connectivity index (χ4v) is 4.04. The van der Waals surface area contributed by atoms with Crippen LogP contribution >= 0.6 is 0 Å². The Labute approximate surface area is 211 Å². The van der Waals surface area contributed by atoms with Crippen LogP contribution in [0.15, 0.2) is 59.7 Å². The standard InChI is InChI=1S/C29H32N4O3/c1-18-20(3)33(27(34)19(2)26(18)36-17-21-9-8-10-23(15-21)35-7)22-11-13-30-25(16-22)24-12-14-31-28(32-24)29(4,5)6/h8-16H,17H2,1-7H3. The van der Waals surface area contributed by atoms with Crippen molar-refractivity contribution in [1.29, 1.82) is 0 Å². The van der Waals surface area contributed by atoms with E-state index in [0.29, 0.717) is 29.3 Å². The van der Waals surface area contributed by atoms with Crippen molar-refractivity contribution in [1.82, 2.24) is 19.5 Å². The van der Waals surface area contributed by atoms with Gasteiger partial charge in [0, 0.05) is 29.1 Å². The molecule has 0 radical (unpaired) electrons. The van der Waals surface area contributed by atoms with Crippen LogP contribution in [0.5, 0.6) is 11.5 Å². The van der Waals surface area contributed by atoms with Crippen molar-refractivity contribution in [3.05, 3.63) is 93.4 Å². The van der Waals surface area contributed by atoms with Gasteiger partial charge < -0.3 is 9.47 Å². The van der Waals surface area contributed by atoms with Gasteiger partial charge in [0.2, 0.25) is 0 Å². The summed E-state index contributed by atoms with van der Waals surface area (Å²) in [5, 5.41) is 0. The molecule has 0 aliphatic rings. The summed E-state index contributed by atoms with van der Waals surface area (Å²) in [6, 6.07) is 13.3. The molecule has 3 heterocycles. The number of hydrogen-bond acceptors (Lipinski definition) is 6. The average molecular weight is 485 g/mol. The van der Waals surface area contributed by atoms with Crippen LogP contribution in [0.2, 0.25) is 0 Å². The van der Waals surface area contributed by atoms with Crippen LogP contribution in [0, 0.1) is 20.8 Å². The fraction of sp³-hybridized carbons (Fsp3) is 0.310. The first-order chi connectivity index (χ1) is 17.1. The van der Waals surface area contributed by atoms with Gasteiger partial charge in [0.25, 0.3) is 5.56 Å². The minimum absolute atomic E-state index is 0.131. The van der Waals surface area contributed by atoms with Crippen LogP contribution < -0.4 is 15.0 Å². The molecule has 0 unspecified atom stereocenters. The molecule has 0 spiro atoms. The molecule has 0 saturated carbocycles. The van der Waals surface area contributed by atoms with Crippen LogP contribution in [-0.4, -0.2) is 26.6 Å². The molecule has 7 heteroatoms. The second-order valence-electron chi connectivity index (χ2n) is 9.86. The number of nitrogens with zero attached hydrogens (tertiary/aromatic N) is 4. The first-order valence-corrected chi connectivity index (χ1v) is 11.9. The Hall–Kier alpha value is -4.00. The van der Waals surface area contributed by atoms with Crippen LogP contribution in [0.25, 0.3) is 17.1 Å². The number of aromatic nitrogens is 4. The van der Waals surface area contributed by atoms with E-state index in [0.717, 1.165) is 34.1 Å². The van der Waals surface area contributed by atoms with Crippen LogP contribution in [0.1, 0.15) is 49.0 Å². The molecular weight excluding hydrogens is 452 g/mol. The summed E-state index contributed by atoms with van der Waals surface area (Å²) >= 11 is 0.